The molecule has 0 aliphatic carbocycles. The van der Waals surface area contributed by atoms with Crippen LogP contribution in [0.15, 0.2) is 12.7 Å². The molecule has 0 aliphatic rings. The van der Waals surface area contributed by atoms with Crippen molar-refractivity contribution in [2.75, 3.05) is 0 Å². The van der Waals surface area contributed by atoms with Gasteiger partial charge < -0.3 is 10.4 Å². The minimum atomic E-state index is -5.15. The second kappa shape index (κ2) is 4.63. The second-order valence-corrected chi connectivity index (χ2v) is 3.68. The summed E-state index contributed by atoms with van der Waals surface area (Å²) in [7, 11) is 0. The summed E-state index contributed by atoms with van der Waals surface area (Å²) in [4.78, 5) is 25.3. The van der Waals surface area contributed by atoms with Crippen LogP contribution in [0.3, 0.4) is 0 Å². The number of aromatic nitrogens is 3. The summed E-state index contributed by atoms with van der Waals surface area (Å²) in [5.74, 6) is -3.94. The number of nitrogens with zero attached hydrogens (tertiary/aromatic N) is 3. The van der Waals surface area contributed by atoms with E-state index in [1.54, 1.807) is 0 Å². The lowest BCUT2D eigenvalue weighted by molar-refractivity contribution is -0.177. The summed E-state index contributed by atoms with van der Waals surface area (Å²) in [6.07, 6.45) is -2.94. The molecule has 0 spiro atoms. The predicted octanol–water partition coefficient (Wildman–Crippen LogP) is -0.200. The third kappa shape index (κ3) is 3.18. The zero-order chi connectivity index (χ0) is 14.0. The van der Waals surface area contributed by atoms with Crippen molar-refractivity contribution in [1.29, 1.82) is 0 Å². The van der Waals surface area contributed by atoms with E-state index < -0.39 is 30.1 Å². The van der Waals surface area contributed by atoms with Gasteiger partial charge in [-0.05, 0) is 6.92 Å². The van der Waals surface area contributed by atoms with Crippen molar-refractivity contribution in [3.63, 3.8) is 0 Å². The van der Waals surface area contributed by atoms with Gasteiger partial charge in [-0.3, -0.25) is 9.48 Å². The van der Waals surface area contributed by atoms with E-state index in [0.717, 1.165) is 24.3 Å². The minimum absolute atomic E-state index is 0.482. The Morgan fingerprint density at radius 3 is 2.44 bits per heavy atom. The number of carbonyl (C=O) groups excluding carboxylic acids is 1. The highest BCUT2D eigenvalue weighted by Gasteiger charge is 2.45. The normalized spacial score (nSPS) is 14.9. The van der Waals surface area contributed by atoms with Gasteiger partial charge in [0.1, 0.15) is 12.7 Å². The van der Waals surface area contributed by atoms with Crippen LogP contribution in [-0.2, 0) is 16.1 Å². The molecular formula is C8H9F3N4O3. The van der Waals surface area contributed by atoms with Crippen LogP contribution < -0.4 is 5.32 Å². The fourth-order valence-corrected chi connectivity index (χ4v) is 1.12. The molecule has 0 saturated heterocycles. The van der Waals surface area contributed by atoms with Gasteiger partial charge >= 0.3 is 18.1 Å². The van der Waals surface area contributed by atoms with E-state index in [4.69, 9.17) is 5.11 Å². The lowest BCUT2D eigenvalue weighted by Crippen LogP contribution is -2.58. The fourth-order valence-electron chi connectivity index (χ4n) is 1.12. The van der Waals surface area contributed by atoms with Gasteiger partial charge in [-0.15, -0.1) is 0 Å². The molecule has 0 aliphatic heterocycles. The van der Waals surface area contributed by atoms with Crippen LogP contribution in [-0.4, -0.2) is 43.5 Å². The van der Waals surface area contributed by atoms with E-state index in [9.17, 15) is 22.8 Å². The lowest BCUT2D eigenvalue weighted by atomic mass is 10.0. The van der Waals surface area contributed by atoms with E-state index in [1.807, 2.05) is 0 Å². The Morgan fingerprint density at radius 1 is 1.44 bits per heavy atom. The molecular weight excluding hydrogens is 257 g/mol. The molecule has 1 unspecified atom stereocenters. The highest BCUT2D eigenvalue weighted by Crippen LogP contribution is 2.17. The van der Waals surface area contributed by atoms with Gasteiger partial charge in [0.15, 0.2) is 5.54 Å². The first-order valence-corrected chi connectivity index (χ1v) is 4.60. The molecule has 7 nitrogen and oxygen atoms in total. The molecule has 10 heteroatoms. The average Bonchev–Trinajstić information content (AvgIpc) is 2.68. The number of carboxylic acids is 1. The molecule has 18 heavy (non-hydrogen) atoms. The van der Waals surface area contributed by atoms with Gasteiger partial charge in [-0.25, -0.2) is 9.78 Å². The highest BCUT2D eigenvalue weighted by atomic mass is 19.4. The average molecular weight is 266 g/mol. The Morgan fingerprint density at radius 2 is 2.06 bits per heavy atom. The lowest BCUT2D eigenvalue weighted by Gasteiger charge is -2.26. The number of aliphatic carboxylic acids is 1. The molecule has 0 radical (unpaired) electrons. The summed E-state index contributed by atoms with van der Waals surface area (Å²) in [6, 6.07) is 0. The van der Waals surface area contributed by atoms with Crippen LogP contribution in [0.2, 0.25) is 0 Å². The van der Waals surface area contributed by atoms with Crippen molar-refractivity contribution in [3.8, 4) is 0 Å². The first-order chi connectivity index (χ1) is 8.15. The van der Waals surface area contributed by atoms with Crippen LogP contribution in [0.25, 0.3) is 0 Å². The Labute approximate surface area is 98.6 Å². The Balaban J connectivity index is 2.88. The zero-order valence-electron chi connectivity index (χ0n) is 9.10. The van der Waals surface area contributed by atoms with Crippen molar-refractivity contribution in [3.05, 3.63) is 12.7 Å². The molecule has 1 aromatic rings. The largest absolute Gasteiger partial charge is 0.479 e. The maximum absolute atomic E-state index is 12.1. The summed E-state index contributed by atoms with van der Waals surface area (Å²) >= 11 is 0. The number of rotatable bonds is 4. The maximum Gasteiger partial charge on any atom is 0.471 e. The van der Waals surface area contributed by atoms with Gasteiger partial charge in [-0.1, -0.05) is 0 Å². The van der Waals surface area contributed by atoms with Gasteiger partial charge in [-0.2, -0.15) is 18.3 Å². The van der Waals surface area contributed by atoms with Crippen LogP contribution in [0.1, 0.15) is 6.92 Å². The molecule has 1 atom stereocenters. The first kappa shape index (κ1) is 13.9. The Kier molecular flexibility index (Phi) is 3.58. The van der Waals surface area contributed by atoms with E-state index in [1.165, 1.54) is 5.32 Å². The molecule has 1 heterocycles. The van der Waals surface area contributed by atoms with Gasteiger partial charge in [0, 0.05) is 0 Å². The van der Waals surface area contributed by atoms with Crippen molar-refractivity contribution in [2.24, 2.45) is 0 Å². The molecule has 0 saturated carbocycles. The molecule has 2 N–H and O–H groups in total. The number of nitrogens with one attached hydrogen (secondary N) is 1. The molecule has 1 amide bonds. The van der Waals surface area contributed by atoms with Crippen molar-refractivity contribution >= 4 is 11.9 Å². The van der Waals surface area contributed by atoms with E-state index in [0.29, 0.717) is 0 Å². The summed E-state index contributed by atoms with van der Waals surface area (Å²) in [6.45, 7) is 0.463. The van der Waals surface area contributed by atoms with Crippen LogP contribution in [0.5, 0.6) is 0 Å². The molecule has 0 aromatic carbocycles. The summed E-state index contributed by atoms with van der Waals surface area (Å²) < 4.78 is 37.3. The molecule has 0 bridgehead atoms. The number of amides is 1. The molecule has 0 fully saturated rings. The van der Waals surface area contributed by atoms with Crippen molar-refractivity contribution in [1.82, 2.24) is 20.1 Å². The second-order valence-electron chi connectivity index (χ2n) is 3.68. The third-order valence-corrected chi connectivity index (χ3v) is 2.06. The quantitative estimate of drug-likeness (QED) is 0.786. The van der Waals surface area contributed by atoms with Gasteiger partial charge in [0.25, 0.3) is 0 Å². The monoisotopic (exact) mass is 266 g/mol. The number of hydrogen-bond donors (Lipinski definition) is 2. The van der Waals surface area contributed by atoms with E-state index in [-0.39, 0.29) is 0 Å². The number of carboxylic acid groups (broad SMARTS) is 1. The summed E-state index contributed by atoms with van der Waals surface area (Å²) in [5, 5.41) is 13.9. The molecule has 100 valence electrons. The fraction of sp³-hybridized carbons (Fsp3) is 0.500. The standard InChI is InChI=1S/C8H9F3N4O3/c1-7(6(17)18,2-15-4-12-3-13-15)14-5(16)8(9,10)11/h3-4H,2H2,1H3,(H,14,16)(H,17,18). The smallest absolute Gasteiger partial charge is 0.471 e. The number of alkyl halides is 3. The van der Waals surface area contributed by atoms with Crippen molar-refractivity contribution < 1.29 is 27.9 Å². The number of halogens is 3. The maximum atomic E-state index is 12.1. The topological polar surface area (TPSA) is 97.1 Å². The SMILES string of the molecule is CC(Cn1cncn1)(NC(=O)C(F)(F)F)C(=O)O. The Bertz CT molecular complexity index is 445. The van der Waals surface area contributed by atoms with Crippen molar-refractivity contribution in [2.45, 2.75) is 25.2 Å². The first-order valence-electron chi connectivity index (χ1n) is 4.60. The predicted molar refractivity (Wildman–Crippen MR) is 50.3 cm³/mol. The van der Waals surface area contributed by atoms with E-state index in [2.05, 4.69) is 10.1 Å². The summed E-state index contributed by atoms with van der Waals surface area (Å²) in [5.41, 5.74) is -2.14. The Hall–Kier alpha value is -2.13. The zero-order valence-corrected chi connectivity index (χ0v) is 9.10. The van der Waals surface area contributed by atoms with Crippen LogP contribution >= 0.6 is 0 Å². The van der Waals surface area contributed by atoms with Crippen LogP contribution in [0.4, 0.5) is 13.2 Å². The van der Waals surface area contributed by atoms with Gasteiger partial charge in [0.2, 0.25) is 0 Å². The number of carbonyl (C=O) groups is 2. The van der Waals surface area contributed by atoms with E-state index >= 15 is 0 Å². The highest BCUT2D eigenvalue weighted by molar-refractivity contribution is 5.89. The third-order valence-electron chi connectivity index (χ3n) is 2.06. The molecule has 1 rings (SSSR count). The van der Waals surface area contributed by atoms with Crippen LogP contribution in [0, 0.1) is 0 Å². The number of hydrogen-bond acceptors (Lipinski definition) is 4. The van der Waals surface area contributed by atoms with Gasteiger partial charge in [0.05, 0.1) is 6.54 Å². The minimum Gasteiger partial charge on any atom is -0.479 e. The molecule has 1 aromatic heterocycles.